The van der Waals surface area contributed by atoms with E-state index in [-0.39, 0.29) is 24.5 Å². The number of nitrogens with zero attached hydrogens (tertiary/aromatic N) is 5. The van der Waals surface area contributed by atoms with Gasteiger partial charge < -0.3 is 0 Å². The van der Waals surface area contributed by atoms with Gasteiger partial charge in [0.05, 0.1) is 38.2 Å². The highest BCUT2D eigenvalue weighted by Gasteiger charge is 2.33. The van der Waals surface area contributed by atoms with Crippen LogP contribution in [0.15, 0.2) is 41.4 Å². The molecule has 0 amide bonds. The lowest BCUT2D eigenvalue weighted by atomic mass is 10.2. The van der Waals surface area contributed by atoms with E-state index in [1.807, 2.05) is 0 Å². The fourth-order valence-corrected chi connectivity index (χ4v) is 2.83. The number of hydrazine groups is 1. The Morgan fingerprint density at radius 3 is 2.10 bits per heavy atom. The van der Waals surface area contributed by atoms with Crippen LogP contribution in [0, 0.1) is 30.3 Å². The van der Waals surface area contributed by atoms with Gasteiger partial charge in [0.15, 0.2) is 0 Å². The maximum absolute atomic E-state index is 12.9. The Hall–Kier alpha value is -4.30. The van der Waals surface area contributed by atoms with E-state index in [0.717, 1.165) is 12.1 Å². The van der Waals surface area contributed by atoms with E-state index in [1.165, 1.54) is 17.1 Å². The fourth-order valence-electron chi connectivity index (χ4n) is 2.83. The van der Waals surface area contributed by atoms with E-state index in [9.17, 15) is 43.5 Å². The Balaban J connectivity index is 1.99. The van der Waals surface area contributed by atoms with Crippen molar-refractivity contribution in [2.45, 2.75) is 12.6 Å². The van der Waals surface area contributed by atoms with Crippen molar-refractivity contribution in [1.82, 2.24) is 5.43 Å². The molecule has 1 N–H and O–H groups in total. The number of nitro benzene ring substituents is 3. The number of amidine groups is 1. The first-order valence-corrected chi connectivity index (χ1v) is 8.37. The number of anilines is 1. The summed E-state index contributed by atoms with van der Waals surface area (Å²) in [5.41, 5.74) is -1.59. The second kappa shape index (κ2) is 7.85. The first-order valence-electron chi connectivity index (χ1n) is 8.37. The fraction of sp³-hybridized carbons (Fsp3) is 0.188. The topological polar surface area (TPSA) is 157 Å². The molecule has 0 aliphatic carbocycles. The SMILES string of the molecule is O=[N+]([O-])c1cc([N+](=O)[O-])c(N=C2CCN(c3cccc(C(F)(F)F)c3)N2)c([N+](=O)[O-])c1. The maximum Gasteiger partial charge on any atom is 0.416 e. The summed E-state index contributed by atoms with van der Waals surface area (Å²) in [5.74, 6) is -0.00235. The Kier molecular flexibility index (Phi) is 5.42. The van der Waals surface area contributed by atoms with Crippen molar-refractivity contribution in [3.8, 4) is 0 Å². The number of non-ortho nitro benzene ring substituents is 1. The third kappa shape index (κ3) is 4.49. The van der Waals surface area contributed by atoms with Gasteiger partial charge in [0.25, 0.3) is 5.69 Å². The van der Waals surface area contributed by atoms with Gasteiger partial charge in [-0.2, -0.15) is 13.2 Å². The van der Waals surface area contributed by atoms with Crippen molar-refractivity contribution in [2.75, 3.05) is 11.6 Å². The van der Waals surface area contributed by atoms with E-state index >= 15 is 0 Å². The molecule has 2 aromatic carbocycles. The molecule has 0 spiro atoms. The first-order chi connectivity index (χ1) is 14.5. The molecule has 0 saturated carbocycles. The lowest BCUT2D eigenvalue weighted by Crippen LogP contribution is -2.33. The monoisotopic (exact) mass is 440 g/mol. The molecule has 0 atom stereocenters. The number of rotatable bonds is 5. The molecule has 1 aliphatic heterocycles. The van der Waals surface area contributed by atoms with Crippen molar-refractivity contribution in [3.05, 3.63) is 72.3 Å². The molecule has 2 aromatic rings. The van der Waals surface area contributed by atoms with Gasteiger partial charge in [0.1, 0.15) is 5.84 Å². The van der Waals surface area contributed by atoms with Gasteiger partial charge >= 0.3 is 17.6 Å². The molecule has 1 fully saturated rings. The minimum Gasteiger partial charge on any atom is -0.286 e. The standard InChI is InChI=1S/C16H11F3N6O6/c17-16(18,19)9-2-1-3-10(6-9)22-5-4-14(21-22)20-15-12(24(28)29)7-11(23(26)27)8-13(15)25(30)31/h1-3,6-8H,4-5H2,(H,20,21). The molecule has 15 heteroatoms. The van der Waals surface area contributed by atoms with Crippen LogP contribution >= 0.6 is 0 Å². The molecule has 1 heterocycles. The van der Waals surface area contributed by atoms with Crippen molar-refractivity contribution in [1.29, 1.82) is 0 Å². The van der Waals surface area contributed by atoms with Gasteiger partial charge in [-0.05, 0) is 18.2 Å². The van der Waals surface area contributed by atoms with Crippen LogP contribution in [-0.4, -0.2) is 27.2 Å². The summed E-state index contributed by atoms with van der Waals surface area (Å²) in [6, 6.07) is 5.45. The van der Waals surface area contributed by atoms with E-state index in [0.29, 0.717) is 12.1 Å². The van der Waals surface area contributed by atoms with E-state index in [1.54, 1.807) is 0 Å². The molecule has 3 rings (SSSR count). The summed E-state index contributed by atoms with van der Waals surface area (Å²) in [4.78, 5) is 34.3. The van der Waals surface area contributed by atoms with Crippen molar-refractivity contribution in [3.63, 3.8) is 0 Å². The van der Waals surface area contributed by atoms with Crippen LogP contribution in [0.2, 0.25) is 0 Å². The van der Waals surface area contributed by atoms with Gasteiger partial charge in [-0.3, -0.25) is 40.8 Å². The van der Waals surface area contributed by atoms with E-state index in [2.05, 4.69) is 10.4 Å². The Morgan fingerprint density at radius 2 is 1.58 bits per heavy atom. The zero-order valence-electron chi connectivity index (χ0n) is 15.2. The summed E-state index contributed by atoms with van der Waals surface area (Å²) < 4.78 is 38.7. The molecular formula is C16H11F3N6O6. The first kappa shape index (κ1) is 21.4. The zero-order valence-corrected chi connectivity index (χ0v) is 15.2. The van der Waals surface area contributed by atoms with Gasteiger partial charge in [0.2, 0.25) is 5.69 Å². The molecule has 31 heavy (non-hydrogen) atoms. The molecular weight excluding hydrogens is 429 g/mol. The Morgan fingerprint density at radius 1 is 0.968 bits per heavy atom. The van der Waals surface area contributed by atoms with Crippen LogP contribution in [0.4, 0.5) is 41.6 Å². The summed E-state index contributed by atoms with van der Waals surface area (Å²) in [7, 11) is 0. The molecule has 1 aliphatic rings. The summed E-state index contributed by atoms with van der Waals surface area (Å²) >= 11 is 0. The Bertz CT molecular complexity index is 1080. The average Bonchev–Trinajstić information content (AvgIpc) is 3.15. The van der Waals surface area contributed by atoms with Crippen LogP contribution in [0.5, 0.6) is 0 Å². The minimum atomic E-state index is -4.56. The second-order valence-corrected chi connectivity index (χ2v) is 6.22. The zero-order chi connectivity index (χ0) is 22.9. The molecule has 0 aromatic heterocycles. The predicted molar refractivity (Wildman–Crippen MR) is 100 cm³/mol. The molecule has 162 valence electrons. The van der Waals surface area contributed by atoms with E-state index < -0.39 is 49.3 Å². The van der Waals surface area contributed by atoms with Crippen LogP contribution in [0.1, 0.15) is 12.0 Å². The number of benzene rings is 2. The number of hydrogen-bond acceptors (Lipinski definition) is 8. The minimum absolute atomic E-state index is 0.00235. The largest absolute Gasteiger partial charge is 0.416 e. The van der Waals surface area contributed by atoms with Gasteiger partial charge in [-0.25, -0.2) is 4.99 Å². The number of hydrogen-bond donors (Lipinski definition) is 1. The molecule has 0 unspecified atom stereocenters. The predicted octanol–water partition coefficient (Wildman–Crippen LogP) is 3.87. The number of alkyl halides is 3. The van der Waals surface area contributed by atoms with Gasteiger partial charge in [-0.1, -0.05) is 6.07 Å². The van der Waals surface area contributed by atoms with Crippen molar-refractivity contribution in [2.24, 2.45) is 4.99 Å². The van der Waals surface area contributed by atoms with Crippen molar-refractivity contribution >= 4 is 34.3 Å². The molecule has 12 nitrogen and oxygen atoms in total. The van der Waals surface area contributed by atoms with Gasteiger partial charge in [-0.15, -0.1) is 0 Å². The third-order valence-corrected chi connectivity index (χ3v) is 4.23. The van der Waals surface area contributed by atoms with Crippen LogP contribution in [0.3, 0.4) is 0 Å². The van der Waals surface area contributed by atoms with E-state index in [4.69, 9.17) is 0 Å². The average molecular weight is 440 g/mol. The highest BCUT2D eigenvalue weighted by Crippen LogP contribution is 2.41. The van der Waals surface area contributed by atoms with Crippen molar-refractivity contribution < 1.29 is 27.9 Å². The normalized spacial score (nSPS) is 15.1. The summed E-state index contributed by atoms with van der Waals surface area (Å²) in [6.45, 7) is 0.120. The molecule has 1 saturated heterocycles. The van der Waals surface area contributed by atoms with Crippen LogP contribution in [0.25, 0.3) is 0 Å². The molecule has 0 radical (unpaired) electrons. The maximum atomic E-state index is 12.9. The number of nitro groups is 3. The van der Waals surface area contributed by atoms with Crippen LogP contribution < -0.4 is 10.4 Å². The Labute approximate surface area is 170 Å². The third-order valence-electron chi connectivity index (χ3n) is 4.23. The van der Waals surface area contributed by atoms with Crippen LogP contribution in [-0.2, 0) is 6.18 Å². The quantitative estimate of drug-likeness (QED) is 0.542. The molecule has 0 bridgehead atoms. The smallest absolute Gasteiger partial charge is 0.286 e. The number of halogens is 3. The van der Waals surface area contributed by atoms with Gasteiger partial charge in [0, 0.05) is 13.0 Å². The lowest BCUT2D eigenvalue weighted by molar-refractivity contribution is -0.402. The number of nitrogens with one attached hydrogen (secondary N) is 1. The highest BCUT2D eigenvalue weighted by molar-refractivity contribution is 5.92. The number of aliphatic imine (C=N–C) groups is 1. The summed E-state index contributed by atoms with van der Waals surface area (Å²) in [6.07, 6.45) is -4.49. The second-order valence-electron chi connectivity index (χ2n) is 6.22. The highest BCUT2D eigenvalue weighted by atomic mass is 19.4. The lowest BCUT2D eigenvalue weighted by Gasteiger charge is -2.19. The summed E-state index contributed by atoms with van der Waals surface area (Å²) in [5, 5.41) is 34.9.